The molecule has 176 valence electrons. The monoisotopic (exact) mass is 457 g/mol. The van der Waals surface area contributed by atoms with Gasteiger partial charge in [0.2, 0.25) is 0 Å². The molecule has 3 aromatic rings. The summed E-state index contributed by atoms with van der Waals surface area (Å²) >= 11 is 0. The van der Waals surface area contributed by atoms with Gasteiger partial charge >= 0.3 is 0 Å². The normalized spacial score (nSPS) is 13.5. The maximum absolute atomic E-state index is 12.8. The lowest BCUT2D eigenvalue weighted by molar-refractivity contribution is -0.118. The van der Waals surface area contributed by atoms with Crippen LogP contribution in [0.15, 0.2) is 66.7 Å². The second-order valence-electron chi connectivity index (χ2n) is 8.72. The van der Waals surface area contributed by atoms with Crippen LogP contribution in [0.1, 0.15) is 27.0 Å². The molecule has 1 N–H and O–H groups in total. The first-order valence-corrected chi connectivity index (χ1v) is 11.6. The third kappa shape index (κ3) is 5.57. The fraction of sp³-hybridized carbons (Fsp3) is 0.286. The van der Waals surface area contributed by atoms with Crippen molar-refractivity contribution in [3.63, 3.8) is 0 Å². The number of rotatable bonds is 6. The fourth-order valence-corrected chi connectivity index (χ4v) is 4.06. The summed E-state index contributed by atoms with van der Waals surface area (Å²) in [5.41, 5.74) is 5.91. The molecule has 1 saturated heterocycles. The molecule has 1 aliphatic heterocycles. The molecule has 0 unspecified atom stereocenters. The molecule has 4 rings (SSSR count). The second-order valence-corrected chi connectivity index (χ2v) is 8.72. The first kappa shape index (κ1) is 23.4. The Balaban J connectivity index is 1.26. The van der Waals surface area contributed by atoms with E-state index in [9.17, 15) is 9.59 Å². The second kappa shape index (κ2) is 10.4. The summed E-state index contributed by atoms with van der Waals surface area (Å²) in [5.74, 6) is 0.585. The smallest absolute Gasteiger partial charge is 0.262 e. The van der Waals surface area contributed by atoms with Gasteiger partial charge < -0.3 is 19.9 Å². The van der Waals surface area contributed by atoms with E-state index in [4.69, 9.17) is 4.74 Å². The van der Waals surface area contributed by atoms with Gasteiger partial charge in [-0.2, -0.15) is 0 Å². The van der Waals surface area contributed by atoms with Crippen molar-refractivity contribution in [2.75, 3.05) is 43.0 Å². The Morgan fingerprint density at radius 1 is 0.824 bits per heavy atom. The number of nitrogens with zero attached hydrogens (tertiary/aromatic N) is 2. The molecular formula is C28H31N3O3. The lowest BCUT2D eigenvalue weighted by Gasteiger charge is -2.36. The third-order valence-corrected chi connectivity index (χ3v) is 6.31. The van der Waals surface area contributed by atoms with E-state index < -0.39 is 0 Å². The quantitative estimate of drug-likeness (QED) is 0.588. The van der Waals surface area contributed by atoms with Gasteiger partial charge in [0, 0.05) is 43.1 Å². The number of hydrogen-bond donors (Lipinski definition) is 1. The number of carbonyl (C=O) groups excluding carboxylic acids is 2. The molecule has 0 atom stereocenters. The maximum atomic E-state index is 12.8. The predicted octanol–water partition coefficient (Wildman–Crippen LogP) is 4.59. The lowest BCUT2D eigenvalue weighted by atomic mass is 10.1. The zero-order valence-electron chi connectivity index (χ0n) is 20.0. The largest absolute Gasteiger partial charge is 0.484 e. The van der Waals surface area contributed by atoms with Crippen molar-refractivity contribution in [2.24, 2.45) is 0 Å². The highest BCUT2D eigenvalue weighted by Gasteiger charge is 2.23. The van der Waals surface area contributed by atoms with Crippen LogP contribution >= 0.6 is 0 Å². The van der Waals surface area contributed by atoms with Crippen LogP contribution in [-0.2, 0) is 4.79 Å². The molecule has 2 amide bonds. The van der Waals surface area contributed by atoms with Crippen LogP contribution in [0.3, 0.4) is 0 Å². The van der Waals surface area contributed by atoms with Gasteiger partial charge in [-0.3, -0.25) is 9.59 Å². The Labute approximate surface area is 201 Å². The van der Waals surface area contributed by atoms with Gasteiger partial charge in [0.15, 0.2) is 6.61 Å². The Hall–Kier alpha value is -3.80. The van der Waals surface area contributed by atoms with Crippen LogP contribution < -0.4 is 15.0 Å². The highest BCUT2D eigenvalue weighted by molar-refractivity contribution is 5.95. The average molecular weight is 458 g/mol. The van der Waals surface area contributed by atoms with E-state index in [1.54, 1.807) is 0 Å². The highest BCUT2D eigenvalue weighted by atomic mass is 16.5. The zero-order valence-corrected chi connectivity index (χ0v) is 20.0. The molecule has 0 aliphatic carbocycles. The van der Waals surface area contributed by atoms with Crippen LogP contribution in [0.4, 0.5) is 11.4 Å². The van der Waals surface area contributed by atoms with Crippen molar-refractivity contribution in [3.05, 3.63) is 89.0 Å². The van der Waals surface area contributed by atoms with Crippen LogP contribution in [0.2, 0.25) is 0 Å². The molecule has 34 heavy (non-hydrogen) atoms. The van der Waals surface area contributed by atoms with Gasteiger partial charge in [0.1, 0.15) is 5.75 Å². The number of ether oxygens (including phenoxy) is 1. The zero-order chi connectivity index (χ0) is 24.1. The molecule has 1 aliphatic rings. The van der Waals surface area contributed by atoms with Crippen molar-refractivity contribution < 1.29 is 14.3 Å². The summed E-state index contributed by atoms with van der Waals surface area (Å²) in [7, 11) is 0. The van der Waals surface area contributed by atoms with Gasteiger partial charge in [0.25, 0.3) is 11.8 Å². The summed E-state index contributed by atoms with van der Waals surface area (Å²) < 4.78 is 5.61. The van der Waals surface area contributed by atoms with Crippen LogP contribution in [0.25, 0.3) is 0 Å². The highest BCUT2D eigenvalue weighted by Crippen LogP contribution is 2.21. The Morgan fingerprint density at radius 2 is 1.53 bits per heavy atom. The van der Waals surface area contributed by atoms with E-state index in [-0.39, 0.29) is 18.4 Å². The van der Waals surface area contributed by atoms with E-state index in [1.807, 2.05) is 92.4 Å². The first-order chi connectivity index (χ1) is 16.4. The van der Waals surface area contributed by atoms with E-state index in [0.717, 1.165) is 41.2 Å². The van der Waals surface area contributed by atoms with Gasteiger partial charge in [0.05, 0.1) is 0 Å². The number of piperazine rings is 1. The molecule has 1 fully saturated rings. The van der Waals surface area contributed by atoms with E-state index in [0.29, 0.717) is 18.8 Å². The van der Waals surface area contributed by atoms with E-state index >= 15 is 0 Å². The lowest BCUT2D eigenvalue weighted by Crippen LogP contribution is -2.48. The molecule has 6 nitrogen and oxygen atoms in total. The Kier molecular flexibility index (Phi) is 7.16. The van der Waals surface area contributed by atoms with Crippen molar-refractivity contribution >= 4 is 23.2 Å². The van der Waals surface area contributed by atoms with Crippen molar-refractivity contribution in [2.45, 2.75) is 20.8 Å². The van der Waals surface area contributed by atoms with E-state index in [1.165, 1.54) is 5.56 Å². The topological polar surface area (TPSA) is 61.9 Å². The predicted molar refractivity (Wildman–Crippen MR) is 136 cm³/mol. The number of benzene rings is 3. The minimum absolute atomic E-state index is 0.0405. The van der Waals surface area contributed by atoms with Gasteiger partial charge in [-0.15, -0.1) is 0 Å². The van der Waals surface area contributed by atoms with Crippen LogP contribution in [0.5, 0.6) is 5.75 Å². The van der Waals surface area contributed by atoms with Crippen molar-refractivity contribution in [3.8, 4) is 5.75 Å². The number of aryl methyl sites for hydroxylation is 3. The fourth-order valence-electron chi connectivity index (χ4n) is 4.06. The molecule has 0 saturated carbocycles. The maximum Gasteiger partial charge on any atom is 0.262 e. The van der Waals surface area contributed by atoms with Gasteiger partial charge in [-0.05, 0) is 79.9 Å². The van der Waals surface area contributed by atoms with Gasteiger partial charge in [-0.25, -0.2) is 0 Å². The molecule has 0 bridgehead atoms. The molecule has 0 spiro atoms. The summed E-state index contributed by atoms with van der Waals surface area (Å²) in [5, 5.41) is 2.88. The minimum Gasteiger partial charge on any atom is -0.484 e. The molecular weight excluding hydrogens is 426 g/mol. The van der Waals surface area contributed by atoms with Crippen LogP contribution in [-0.4, -0.2) is 49.5 Å². The van der Waals surface area contributed by atoms with Gasteiger partial charge in [-0.1, -0.05) is 24.3 Å². The average Bonchev–Trinajstić information content (AvgIpc) is 2.85. The van der Waals surface area contributed by atoms with Crippen molar-refractivity contribution in [1.82, 2.24) is 4.90 Å². The number of carbonyl (C=O) groups is 2. The van der Waals surface area contributed by atoms with Crippen molar-refractivity contribution in [1.29, 1.82) is 0 Å². The molecule has 3 aromatic carbocycles. The summed E-state index contributed by atoms with van der Waals surface area (Å²) in [6.45, 7) is 8.90. The Morgan fingerprint density at radius 3 is 2.21 bits per heavy atom. The third-order valence-electron chi connectivity index (χ3n) is 6.31. The first-order valence-electron chi connectivity index (χ1n) is 11.6. The molecule has 0 aromatic heterocycles. The summed E-state index contributed by atoms with van der Waals surface area (Å²) in [6, 6.07) is 21.3. The molecule has 0 radical (unpaired) electrons. The number of anilines is 2. The molecule has 1 heterocycles. The van der Waals surface area contributed by atoms with E-state index in [2.05, 4.69) is 10.2 Å². The summed E-state index contributed by atoms with van der Waals surface area (Å²) in [6.07, 6.45) is 0. The standard InChI is InChI=1S/C28H31N3O3/c1-20-8-13-25(18-22(20)3)34-19-27(32)29-23-9-11-24(12-10-23)30-14-16-31(17-15-30)28(33)26-7-5-4-6-21(26)2/h4-13,18H,14-17,19H2,1-3H3,(H,29,32). The number of nitrogens with one attached hydrogen (secondary N) is 1. The summed E-state index contributed by atoms with van der Waals surface area (Å²) in [4.78, 5) is 29.3. The molecule has 6 heteroatoms. The minimum atomic E-state index is -0.200. The number of hydrogen-bond acceptors (Lipinski definition) is 4. The number of amides is 2. The van der Waals surface area contributed by atoms with Crippen LogP contribution in [0, 0.1) is 20.8 Å². The SMILES string of the molecule is Cc1ccc(OCC(=O)Nc2ccc(N3CCN(C(=O)c4ccccc4C)CC3)cc2)cc1C. The Bertz CT molecular complexity index is 1170.